The number of carbonyl (C=O) groups is 1. The van der Waals surface area contributed by atoms with Crippen LogP contribution < -0.4 is 4.74 Å². The molecular formula is C20H21ClFNO4S. The third kappa shape index (κ3) is 5.02. The van der Waals surface area contributed by atoms with E-state index < -0.39 is 27.6 Å². The minimum absolute atomic E-state index is 0.00523. The summed E-state index contributed by atoms with van der Waals surface area (Å²) in [5.74, 6) is -0.560. The lowest BCUT2D eigenvalue weighted by Crippen LogP contribution is -2.43. The molecule has 1 fully saturated rings. The zero-order chi connectivity index (χ0) is 20.3. The summed E-state index contributed by atoms with van der Waals surface area (Å²) in [6, 6.07) is 11.0. The van der Waals surface area contributed by atoms with Crippen LogP contribution in [0.5, 0.6) is 5.75 Å². The van der Waals surface area contributed by atoms with Gasteiger partial charge in [-0.2, -0.15) is 0 Å². The predicted molar refractivity (Wildman–Crippen MR) is 106 cm³/mol. The average molecular weight is 426 g/mol. The van der Waals surface area contributed by atoms with Gasteiger partial charge in [0.25, 0.3) is 5.91 Å². The van der Waals surface area contributed by atoms with Crippen molar-refractivity contribution < 1.29 is 22.3 Å². The lowest BCUT2D eigenvalue weighted by molar-refractivity contribution is -0.136. The van der Waals surface area contributed by atoms with Gasteiger partial charge in [0.05, 0.1) is 18.1 Å². The second-order valence-corrected chi connectivity index (χ2v) is 9.52. The highest BCUT2D eigenvalue weighted by Crippen LogP contribution is 2.25. The van der Waals surface area contributed by atoms with Crippen molar-refractivity contribution in [3.8, 4) is 5.75 Å². The number of nitrogens with zero attached hydrogens (tertiary/aromatic N) is 1. The maximum atomic E-state index is 14.2. The van der Waals surface area contributed by atoms with Crippen LogP contribution in [-0.2, 0) is 21.2 Å². The van der Waals surface area contributed by atoms with Crippen LogP contribution in [0.2, 0.25) is 5.02 Å². The summed E-state index contributed by atoms with van der Waals surface area (Å²) < 4.78 is 43.6. The molecule has 3 rings (SSSR count). The Bertz CT molecular complexity index is 942. The Morgan fingerprint density at radius 3 is 2.57 bits per heavy atom. The fraction of sp³-hybridized carbons (Fsp3) is 0.350. The molecule has 1 aliphatic rings. The third-order valence-corrected chi connectivity index (χ3v) is 6.85. The molecule has 0 radical (unpaired) electrons. The van der Waals surface area contributed by atoms with E-state index in [1.165, 1.54) is 23.1 Å². The van der Waals surface area contributed by atoms with Crippen molar-refractivity contribution >= 4 is 27.3 Å². The van der Waals surface area contributed by atoms with Crippen LogP contribution in [0, 0.1) is 12.7 Å². The molecule has 150 valence electrons. The molecule has 28 heavy (non-hydrogen) atoms. The lowest BCUT2D eigenvalue weighted by atomic mass is 10.1. The average Bonchev–Trinajstić information content (AvgIpc) is 3.00. The van der Waals surface area contributed by atoms with Gasteiger partial charge in [0.2, 0.25) is 0 Å². The van der Waals surface area contributed by atoms with Crippen LogP contribution in [-0.4, -0.2) is 43.4 Å². The molecule has 2 aromatic rings. The van der Waals surface area contributed by atoms with E-state index in [4.69, 9.17) is 16.3 Å². The summed E-state index contributed by atoms with van der Waals surface area (Å²) in [6.07, 6.45) is 0.310. The molecule has 0 spiro atoms. The van der Waals surface area contributed by atoms with E-state index >= 15 is 0 Å². The van der Waals surface area contributed by atoms with Gasteiger partial charge in [0, 0.05) is 16.6 Å². The van der Waals surface area contributed by atoms with E-state index in [2.05, 4.69) is 0 Å². The summed E-state index contributed by atoms with van der Waals surface area (Å²) in [6.45, 7) is 1.56. The molecule has 0 aromatic heterocycles. The molecule has 0 saturated carbocycles. The zero-order valence-electron chi connectivity index (χ0n) is 15.4. The maximum Gasteiger partial charge on any atom is 0.261 e. The summed E-state index contributed by atoms with van der Waals surface area (Å²) in [7, 11) is -3.22. The summed E-state index contributed by atoms with van der Waals surface area (Å²) in [4.78, 5) is 14.2. The van der Waals surface area contributed by atoms with E-state index in [-0.39, 0.29) is 35.2 Å². The number of benzene rings is 2. The number of sulfone groups is 1. The maximum absolute atomic E-state index is 14.2. The number of amides is 1. The zero-order valence-corrected chi connectivity index (χ0v) is 17.0. The monoisotopic (exact) mass is 425 g/mol. The first kappa shape index (κ1) is 20.6. The first-order chi connectivity index (χ1) is 13.2. The molecule has 5 nitrogen and oxygen atoms in total. The van der Waals surface area contributed by atoms with E-state index in [0.29, 0.717) is 12.2 Å². The molecule has 1 heterocycles. The number of ether oxygens (including phenoxy) is 1. The standard InChI is InChI=1S/C20H21ClFNO4S/c1-14-5-7-16(8-6-14)27-12-20(24)23(15-9-10-28(25,26)13-15)11-17-18(21)3-2-4-19(17)22/h2-8,15H,9-13H2,1H3/t15-/m1/s1. The van der Waals surface area contributed by atoms with E-state index in [0.717, 1.165) is 5.56 Å². The van der Waals surface area contributed by atoms with Gasteiger partial charge < -0.3 is 9.64 Å². The number of rotatable bonds is 6. The SMILES string of the molecule is Cc1ccc(OCC(=O)N(Cc2c(F)cccc2Cl)[C@@H]2CCS(=O)(=O)C2)cc1. The van der Waals surface area contributed by atoms with Gasteiger partial charge in [0.1, 0.15) is 11.6 Å². The molecular weight excluding hydrogens is 405 g/mol. The smallest absolute Gasteiger partial charge is 0.261 e. The van der Waals surface area contributed by atoms with Gasteiger partial charge in [0.15, 0.2) is 16.4 Å². The summed E-state index contributed by atoms with van der Waals surface area (Å²) in [5, 5.41) is 0.193. The molecule has 0 N–H and O–H groups in total. The second-order valence-electron chi connectivity index (χ2n) is 6.88. The molecule has 2 aromatic carbocycles. The number of carbonyl (C=O) groups excluding carboxylic acids is 1. The molecule has 1 saturated heterocycles. The van der Waals surface area contributed by atoms with Crippen LogP contribution in [0.25, 0.3) is 0 Å². The Morgan fingerprint density at radius 2 is 1.96 bits per heavy atom. The highest BCUT2D eigenvalue weighted by Gasteiger charge is 2.35. The van der Waals surface area contributed by atoms with Crippen LogP contribution in [0.1, 0.15) is 17.5 Å². The highest BCUT2D eigenvalue weighted by atomic mass is 35.5. The Hall–Kier alpha value is -2.12. The topological polar surface area (TPSA) is 63.7 Å². The highest BCUT2D eigenvalue weighted by molar-refractivity contribution is 7.91. The van der Waals surface area contributed by atoms with Crippen molar-refractivity contribution in [1.82, 2.24) is 4.90 Å². The van der Waals surface area contributed by atoms with Crippen molar-refractivity contribution in [2.45, 2.75) is 25.9 Å². The molecule has 1 amide bonds. The molecule has 0 aliphatic carbocycles. The quantitative estimate of drug-likeness (QED) is 0.711. The van der Waals surface area contributed by atoms with Crippen LogP contribution >= 0.6 is 11.6 Å². The Balaban J connectivity index is 1.79. The van der Waals surface area contributed by atoms with Crippen molar-refractivity contribution in [2.24, 2.45) is 0 Å². The number of hydrogen-bond donors (Lipinski definition) is 0. The minimum atomic E-state index is -3.22. The van der Waals surface area contributed by atoms with Crippen LogP contribution in [0.4, 0.5) is 4.39 Å². The summed E-state index contributed by atoms with van der Waals surface area (Å²) >= 11 is 6.10. The third-order valence-electron chi connectivity index (χ3n) is 4.74. The van der Waals surface area contributed by atoms with Crippen molar-refractivity contribution in [3.63, 3.8) is 0 Å². The molecule has 0 unspecified atom stereocenters. The normalized spacial score (nSPS) is 18.0. The van der Waals surface area contributed by atoms with Gasteiger partial charge in [-0.1, -0.05) is 35.4 Å². The number of aryl methyl sites for hydroxylation is 1. The number of halogens is 2. The van der Waals surface area contributed by atoms with Gasteiger partial charge in [-0.25, -0.2) is 12.8 Å². The fourth-order valence-corrected chi connectivity index (χ4v) is 5.11. The lowest BCUT2D eigenvalue weighted by Gasteiger charge is -2.29. The Labute approximate surface area is 169 Å². The van der Waals surface area contributed by atoms with Crippen LogP contribution in [0.3, 0.4) is 0 Å². The Morgan fingerprint density at radius 1 is 1.25 bits per heavy atom. The number of hydrogen-bond acceptors (Lipinski definition) is 4. The molecule has 1 aliphatic heterocycles. The second kappa shape index (κ2) is 8.49. The van der Waals surface area contributed by atoms with Crippen molar-refractivity contribution in [3.05, 3.63) is 64.4 Å². The van der Waals surface area contributed by atoms with E-state index in [9.17, 15) is 17.6 Å². The largest absolute Gasteiger partial charge is 0.484 e. The van der Waals surface area contributed by atoms with E-state index in [1.807, 2.05) is 19.1 Å². The van der Waals surface area contributed by atoms with Crippen molar-refractivity contribution in [2.75, 3.05) is 18.1 Å². The van der Waals surface area contributed by atoms with E-state index in [1.54, 1.807) is 12.1 Å². The molecule has 8 heteroatoms. The first-order valence-electron chi connectivity index (χ1n) is 8.87. The van der Waals surface area contributed by atoms with Gasteiger partial charge in [-0.3, -0.25) is 4.79 Å². The van der Waals surface area contributed by atoms with Gasteiger partial charge in [-0.15, -0.1) is 0 Å². The minimum Gasteiger partial charge on any atom is -0.484 e. The fourth-order valence-electron chi connectivity index (χ4n) is 3.16. The first-order valence-corrected chi connectivity index (χ1v) is 11.1. The van der Waals surface area contributed by atoms with Gasteiger partial charge in [-0.05, 0) is 37.6 Å². The molecule has 0 bridgehead atoms. The van der Waals surface area contributed by atoms with Gasteiger partial charge >= 0.3 is 0 Å². The van der Waals surface area contributed by atoms with Crippen LogP contribution in [0.15, 0.2) is 42.5 Å². The van der Waals surface area contributed by atoms with Crippen molar-refractivity contribution in [1.29, 1.82) is 0 Å². The Kier molecular flexibility index (Phi) is 6.25. The molecule has 1 atom stereocenters. The predicted octanol–water partition coefficient (Wildman–Crippen LogP) is 3.38. The summed E-state index contributed by atoms with van der Waals surface area (Å²) in [5.41, 5.74) is 1.22.